The van der Waals surface area contributed by atoms with Gasteiger partial charge in [0.25, 0.3) is 5.91 Å². The van der Waals surface area contributed by atoms with Crippen LogP contribution in [0.5, 0.6) is 0 Å². The van der Waals surface area contributed by atoms with Crippen LogP contribution in [0.15, 0.2) is 67.0 Å². The van der Waals surface area contributed by atoms with Crippen molar-refractivity contribution in [1.82, 2.24) is 20.2 Å². The van der Waals surface area contributed by atoms with Crippen molar-refractivity contribution < 1.29 is 13.6 Å². The number of nitrogens with one attached hydrogen (secondary N) is 1. The van der Waals surface area contributed by atoms with Gasteiger partial charge in [-0.15, -0.1) is 0 Å². The van der Waals surface area contributed by atoms with Crippen molar-refractivity contribution in [2.24, 2.45) is 5.92 Å². The third-order valence-corrected chi connectivity index (χ3v) is 5.59. The molecule has 0 spiro atoms. The fourth-order valence-corrected chi connectivity index (χ4v) is 4.11. The first-order valence-electron chi connectivity index (χ1n) is 10.4. The fourth-order valence-electron chi connectivity index (χ4n) is 4.11. The normalized spacial score (nSPS) is 17.8. The van der Waals surface area contributed by atoms with Gasteiger partial charge in [-0.2, -0.15) is 0 Å². The number of likely N-dealkylation sites (tertiary alicyclic amines) is 1. The summed E-state index contributed by atoms with van der Waals surface area (Å²) in [5.41, 5.74) is 1.88. The number of amides is 1. The zero-order valence-corrected chi connectivity index (χ0v) is 17.0. The van der Waals surface area contributed by atoms with Crippen LogP contribution < -0.4 is 5.32 Å². The van der Waals surface area contributed by atoms with Crippen LogP contribution in [0.4, 0.5) is 8.78 Å². The molecule has 3 aromatic rings. The number of aromatic nitrogens is 2. The summed E-state index contributed by atoms with van der Waals surface area (Å²) in [6.45, 7) is 2.10. The standard InChI is InChI=1S/C24H24F2N4O/c25-19-10-9-17(14-20(19)26)15-30-13-5-6-18(16-30)23(21-7-1-3-11-27-21)29-24(31)22-8-2-4-12-28-22/h1-4,7-12,14,18,23H,5-6,13,15-16H2,(H,29,31)/t18-,23-/m1/s1. The van der Waals surface area contributed by atoms with Gasteiger partial charge in [-0.1, -0.05) is 18.2 Å². The minimum Gasteiger partial charge on any atom is -0.342 e. The Labute approximate surface area is 180 Å². The maximum Gasteiger partial charge on any atom is 0.270 e. The topological polar surface area (TPSA) is 58.1 Å². The number of carbonyl (C=O) groups is 1. The molecule has 1 saturated heterocycles. The van der Waals surface area contributed by atoms with Crippen LogP contribution in [0.25, 0.3) is 0 Å². The van der Waals surface area contributed by atoms with Crippen LogP contribution in [-0.2, 0) is 6.54 Å². The summed E-state index contributed by atoms with van der Waals surface area (Å²) in [7, 11) is 0. The number of nitrogens with zero attached hydrogens (tertiary/aromatic N) is 3. The van der Waals surface area contributed by atoms with Crippen molar-refractivity contribution in [3.63, 3.8) is 0 Å². The minimum absolute atomic E-state index is 0.126. The Morgan fingerprint density at radius 1 is 1.06 bits per heavy atom. The highest BCUT2D eigenvalue weighted by Crippen LogP contribution is 2.30. The molecule has 0 aliphatic carbocycles. The van der Waals surface area contributed by atoms with Crippen molar-refractivity contribution in [3.8, 4) is 0 Å². The summed E-state index contributed by atoms with van der Waals surface area (Å²) >= 11 is 0. The Hall–Kier alpha value is -3.19. The average molecular weight is 422 g/mol. The lowest BCUT2D eigenvalue weighted by molar-refractivity contribution is 0.0870. The molecule has 1 aliphatic heterocycles. The number of pyridine rings is 2. The molecule has 1 aromatic carbocycles. The lowest BCUT2D eigenvalue weighted by Crippen LogP contribution is -2.43. The number of halogens is 2. The van der Waals surface area contributed by atoms with Gasteiger partial charge >= 0.3 is 0 Å². The highest BCUT2D eigenvalue weighted by Gasteiger charge is 2.31. The van der Waals surface area contributed by atoms with Crippen molar-refractivity contribution in [2.45, 2.75) is 25.4 Å². The molecule has 31 heavy (non-hydrogen) atoms. The van der Waals surface area contributed by atoms with Gasteiger partial charge < -0.3 is 5.32 Å². The Bertz CT molecular complexity index is 1020. The van der Waals surface area contributed by atoms with Gasteiger partial charge in [-0.05, 0) is 67.3 Å². The van der Waals surface area contributed by atoms with Crippen LogP contribution in [0, 0.1) is 17.6 Å². The summed E-state index contributed by atoms with van der Waals surface area (Å²) in [5.74, 6) is -1.79. The summed E-state index contributed by atoms with van der Waals surface area (Å²) in [5, 5.41) is 3.12. The van der Waals surface area contributed by atoms with Gasteiger partial charge in [0.2, 0.25) is 0 Å². The van der Waals surface area contributed by atoms with Gasteiger partial charge in [0.1, 0.15) is 5.69 Å². The van der Waals surface area contributed by atoms with E-state index in [-0.39, 0.29) is 17.9 Å². The minimum atomic E-state index is -0.840. The number of benzene rings is 1. The number of hydrogen-bond donors (Lipinski definition) is 1. The van der Waals surface area contributed by atoms with Crippen LogP contribution in [0.1, 0.15) is 40.6 Å². The first-order valence-corrected chi connectivity index (χ1v) is 10.4. The maximum absolute atomic E-state index is 13.6. The van der Waals surface area contributed by atoms with E-state index in [9.17, 15) is 13.6 Å². The van der Waals surface area contributed by atoms with Crippen LogP contribution in [-0.4, -0.2) is 33.9 Å². The number of rotatable bonds is 6. The van der Waals surface area contributed by atoms with Gasteiger partial charge in [-0.3, -0.25) is 19.7 Å². The smallest absolute Gasteiger partial charge is 0.270 e. The SMILES string of the molecule is O=C(N[C@@H](c1ccccn1)[C@@H]1CCCN(Cc2ccc(F)c(F)c2)C1)c1ccccn1. The van der Waals surface area contributed by atoms with E-state index in [1.807, 2.05) is 18.2 Å². The predicted molar refractivity (Wildman–Crippen MR) is 113 cm³/mol. The largest absolute Gasteiger partial charge is 0.342 e. The Morgan fingerprint density at radius 3 is 2.58 bits per heavy atom. The summed E-state index contributed by atoms with van der Waals surface area (Å²) in [4.78, 5) is 23.7. The molecule has 1 amide bonds. The predicted octanol–water partition coefficient (Wildman–Crippen LogP) is 4.14. The summed E-state index contributed by atoms with van der Waals surface area (Å²) in [6.07, 6.45) is 5.18. The number of carbonyl (C=O) groups excluding carboxylic acids is 1. The van der Waals surface area contributed by atoms with Crippen molar-refractivity contribution in [3.05, 3.63) is 95.6 Å². The second-order valence-corrected chi connectivity index (χ2v) is 7.81. The van der Waals surface area contributed by atoms with E-state index < -0.39 is 11.6 Å². The number of hydrogen-bond acceptors (Lipinski definition) is 4. The lowest BCUT2D eigenvalue weighted by Gasteiger charge is -2.37. The third-order valence-electron chi connectivity index (χ3n) is 5.59. The van der Waals surface area contributed by atoms with E-state index in [4.69, 9.17) is 0 Å². The summed E-state index contributed by atoms with van der Waals surface area (Å²) < 4.78 is 26.9. The van der Waals surface area contributed by atoms with E-state index >= 15 is 0 Å². The monoisotopic (exact) mass is 422 g/mol. The second kappa shape index (κ2) is 9.75. The quantitative estimate of drug-likeness (QED) is 0.649. The van der Waals surface area contributed by atoms with E-state index in [2.05, 4.69) is 20.2 Å². The molecule has 4 rings (SSSR count). The van der Waals surface area contributed by atoms with E-state index in [0.717, 1.165) is 36.7 Å². The van der Waals surface area contributed by atoms with Crippen molar-refractivity contribution >= 4 is 5.91 Å². The zero-order chi connectivity index (χ0) is 21.6. The van der Waals surface area contributed by atoms with Gasteiger partial charge in [0.15, 0.2) is 11.6 Å². The van der Waals surface area contributed by atoms with Crippen molar-refractivity contribution in [2.75, 3.05) is 13.1 Å². The van der Waals surface area contributed by atoms with Crippen LogP contribution >= 0.6 is 0 Å². The third kappa shape index (κ3) is 5.30. The molecule has 1 fully saturated rings. The summed E-state index contributed by atoms with van der Waals surface area (Å²) in [6, 6.07) is 14.6. The van der Waals surface area contributed by atoms with E-state index in [0.29, 0.717) is 18.8 Å². The molecule has 1 aliphatic rings. The molecule has 2 aromatic heterocycles. The molecule has 5 nitrogen and oxygen atoms in total. The molecule has 0 radical (unpaired) electrons. The maximum atomic E-state index is 13.6. The highest BCUT2D eigenvalue weighted by molar-refractivity contribution is 5.92. The Morgan fingerprint density at radius 2 is 1.87 bits per heavy atom. The zero-order valence-electron chi connectivity index (χ0n) is 17.0. The molecule has 160 valence electrons. The Kier molecular flexibility index (Phi) is 6.62. The van der Waals surface area contributed by atoms with E-state index in [1.165, 1.54) is 6.07 Å². The molecular formula is C24H24F2N4O. The molecule has 3 heterocycles. The molecule has 0 saturated carbocycles. The molecular weight excluding hydrogens is 398 g/mol. The number of piperidine rings is 1. The Balaban J connectivity index is 1.51. The van der Waals surface area contributed by atoms with Gasteiger partial charge in [0.05, 0.1) is 11.7 Å². The van der Waals surface area contributed by atoms with Crippen molar-refractivity contribution in [1.29, 1.82) is 0 Å². The van der Waals surface area contributed by atoms with Gasteiger partial charge in [0, 0.05) is 25.5 Å². The molecule has 2 atom stereocenters. The van der Waals surface area contributed by atoms with Gasteiger partial charge in [-0.25, -0.2) is 8.78 Å². The highest BCUT2D eigenvalue weighted by atomic mass is 19.2. The fraction of sp³-hybridized carbons (Fsp3) is 0.292. The second-order valence-electron chi connectivity index (χ2n) is 7.81. The lowest BCUT2D eigenvalue weighted by atomic mass is 9.88. The first kappa shape index (κ1) is 21.1. The molecule has 0 unspecified atom stereocenters. The van der Waals surface area contributed by atoms with E-state index in [1.54, 1.807) is 36.7 Å². The first-order chi connectivity index (χ1) is 15.1. The van der Waals surface area contributed by atoms with Crippen LogP contribution in [0.2, 0.25) is 0 Å². The molecule has 7 heteroatoms. The molecule has 1 N–H and O–H groups in total. The average Bonchev–Trinajstić information content (AvgIpc) is 2.81. The molecule has 0 bridgehead atoms. The van der Waals surface area contributed by atoms with Crippen LogP contribution in [0.3, 0.4) is 0 Å².